The quantitative estimate of drug-likeness (QED) is 0.454. The van der Waals surface area contributed by atoms with Gasteiger partial charge in [-0.2, -0.15) is 0 Å². The van der Waals surface area contributed by atoms with E-state index in [1.807, 2.05) is 0 Å². The molecule has 0 saturated carbocycles. The molecule has 1 aromatic rings. The zero-order valence-corrected chi connectivity index (χ0v) is 22.6. The van der Waals surface area contributed by atoms with E-state index >= 15 is 0 Å². The van der Waals surface area contributed by atoms with Crippen LogP contribution in [0.1, 0.15) is 60.0 Å². The number of ether oxygens (including phenoxy) is 1. The molecule has 2 aliphatic rings. The maximum Gasteiger partial charge on any atom is 0.338 e. The van der Waals surface area contributed by atoms with Gasteiger partial charge in [-0.05, 0) is 128 Å². The molecule has 4 N–H and O–H groups in total. The summed E-state index contributed by atoms with van der Waals surface area (Å²) in [5, 5.41) is 14.2. The average Bonchev–Trinajstić information content (AvgIpc) is 2.87. The van der Waals surface area contributed by atoms with Gasteiger partial charge in [-0.1, -0.05) is 18.2 Å². The summed E-state index contributed by atoms with van der Waals surface area (Å²) in [6.07, 6.45) is 6.85. The van der Waals surface area contributed by atoms with Crippen LogP contribution in [0.4, 0.5) is 0 Å². The van der Waals surface area contributed by atoms with Gasteiger partial charge in [0.2, 0.25) is 0 Å². The number of rotatable bonds is 5. The van der Waals surface area contributed by atoms with Crippen molar-refractivity contribution in [2.24, 2.45) is 0 Å². The molecule has 0 aliphatic carbocycles. The van der Waals surface area contributed by atoms with Crippen molar-refractivity contribution in [3.63, 3.8) is 0 Å². The summed E-state index contributed by atoms with van der Waals surface area (Å²) in [7, 11) is 1.50. The summed E-state index contributed by atoms with van der Waals surface area (Å²) < 4.78 is 5.30. The van der Waals surface area contributed by atoms with Gasteiger partial charge in [0.1, 0.15) is 0 Å². The number of benzene rings is 1. The Labute approximate surface area is 218 Å². The Morgan fingerprint density at radius 3 is 1.39 bits per heavy atom. The monoisotopic (exact) mass is 502 g/mol. The fraction of sp³-hybridized carbons (Fsp3) is 0.750. The van der Waals surface area contributed by atoms with Crippen molar-refractivity contribution in [1.82, 2.24) is 31.1 Å². The molecule has 0 radical (unpaired) electrons. The SMILES string of the molecule is COC(=O)c1c(CN2CCCNCCCNCCC2)cccc1CN1CCCNCCCNCCC1. The second kappa shape index (κ2) is 17.8. The van der Waals surface area contributed by atoms with E-state index in [1.54, 1.807) is 0 Å². The molecule has 0 aromatic heterocycles. The summed E-state index contributed by atoms with van der Waals surface area (Å²) in [4.78, 5) is 18.1. The molecule has 0 unspecified atom stereocenters. The number of nitrogens with zero attached hydrogens (tertiary/aromatic N) is 2. The summed E-state index contributed by atoms with van der Waals surface area (Å²) in [5.41, 5.74) is 2.94. The molecule has 2 saturated heterocycles. The second-order valence-corrected chi connectivity index (χ2v) is 10.1. The minimum atomic E-state index is -0.212. The van der Waals surface area contributed by atoms with Gasteiger partial charge >= 0.3 is 5.97 Å². The number of carbonyl (C=O) groups excluding carboxylic acids is 1. The van der Waals surface area contributed by atoms with Crippen LogP contribution in [-0.4, -0.2) is 101 Å². The maximum absolute atomic E-state index is 13.1. The van der Waals surface area contributed by atoms with E-state index in [4.69, 9.17) is 4.74 Å². The fourth-order valence-electron chi connectivity index (χ4n) is 5.19. The Morgan fingerprint density at radius 2 is 1.03 bits per heavy atom. The Kier molecular flexibility index (Phi) is 14.4. The highest BCUT2D eigenvalue weighted by Crippen LogP contribution is 2.21. The van der Waals surface area contributed by atoms with E-state index in [0.29, 0.717) is 0 Å². The molecule has 0 amide bonds. The number of esters is 1. The molecule has 2 heterocycles. The Bertz CT molecular complexity index is 673. The molecule has 204 valence electrons. The third-order valence-electron chi connectivity index (χ3n) is 7.14. The van der Waals surface area contributed by atoms with Crippen LogP contribution < -0.4 is 21.3 Å². The number of carbonyl (C=O) groups is 1. The van der Waals surface area contributed by atoms with E-state index < -0.39 is 0 Å². The van der Waals surface area contributed by atoms with Crippen molar-refractivity contribution in [2.45, 2.75) is 51.6 Å². The smallest absolute Gasteiger partial charge is 0.338 e. The molecule has 2 aliphatic heterocycles. The molecule has 0 bridgehead atoms. The first-order chi connectivity index (χ1) is 17.8. The van der Waals surface area contributed by atoms with Gasteiger partial charge in [0, 0.05) is 13.1 Å². The normalized spacial score (nSPS) is 21.4. The van der Waals surface area contributed by atoms with Gasteiger partial charge in [-0.15, -0.1) is 0 Å². The van der Waals surface area contributed by atoms with Crippen molar-refractivity contribution < 1.29 is 9.53 Å². The van der Waals surface area contributed by atoms with Crippen LogP contribution >= 0.6 is 0 Å². The highest BCUT2D eigenvalue weighted by atomic mass is 16.5. The van der Waals surface area contributed by atoms with E-state index in [1.165, 1.54) is 20.0 Å². The van der Waals surface area contributed by atoms with Crippen molar-refractivity contribution >= 4 is 5.97 Å². The molecule has 36 heavy (non-hydrogen) atoms. The molecule has 0 spiro atoms. The third kappa shape index (κ3) is 10.8. The molecular weight excluding hydrogens is 452 g/mol. The lowest BCUT2D eigenvalue weighted by Gasteiger charge is -2.27. The lowest BCUT2D eigenvalue weighted by Crippen LogP contribution is -2.34. The predicted octanol–water partition coefficient (Wildman–Crippen LogP) is 1.80. The molecule has 3 rings (SSSR count). The van der Waals surface area contributed by atoms with Crippen molar-refractivity contribution in [1.29, 1.82) is 0 Å². The van der Waals surface area contributed by atoms with E-state index in [9.17, 15) is 4.79 Å². The van der Waals surface area contributed by atoms with Crippen LogP contribution in [0.5, 0.6) is 0 Å². The van der Waals surface area contributed by atoms with Crippen molar-refractivity contribution in [2.75, 3.05) is 85.6 Å². The lowest BCUT2D eigenvalue weighted by molar-refractivity contribution is 0.0595. The van der Waals surface area contributed by atoms with Gasteiger partial charge in [0.25, 0.3) is 0 Å². The van der Waals surface area contributed by atoms with Gasteiger partial charge < -0.3 is 26.0 Å². The first kappa shape index (κ1) is 29.0. The summed E-state index contributed by atoms with van der Waals surface area (Å²) in [5.74, 6) is -0.212. The number of methoxy groups -OCH3 is 1. The van der Waals surface area contributed by atoms with Crippen LogP contribution in [0.3, 0.4) is 0 Å². The highest BCUT2D eigenvalue weighted by molar-refractivity contribution is 5.92. The van der Waals surface area contributed by atoms with Crippen molar-refractivity contribution in [3.05, 3.63) is 34.9 Å². The van der Waals surface area contributed by atoms with Crippen LogP contribution in [0.15, 0.2) is 18.2 Å². The molecule has 8 nitrogen and oxygen atoms in total. The standard InChI is InChI=1S/C28H50N6O2/c1-36-28(35)27-25(23-33-19-5-15-29-11-3-12-30-16-6-20-33)9-2-10-26(27)24-34-21-7-17-31-13-4-14-32-18-8-22-34/h2,9-10,29-32H,3-8,11-24H2,1H3. The average molecular weight is 503 g/mol. The van der Waals surface area contributed by atoms with Crippen molar-refractivity contribution in [3.8, 4) is 0 Å². The summed E-state index contributed by atoms with van der Waals surface area (Å²) in [6.45, 7) is 14.2. The maximum atomic E-state index is 13.1. The minimum Gasteiger partial charge on any atom is -0.465 e. The van der Waals surface area contributed by atoms with Crippen LogP contribution in [0.2, 0.25) is 0 Å². The molecular formula is C28H50N6O2. The Morgan fingerprint density at radius 1 is 0.667 bits per heavy atom. The van der Waals surface area contributed by atoms with E-state index in [-0.39, 0.29) is 5.97 Å². The molecule has 2 fully saturated rings. The topological polar surface area (TPSA) is 80.9 Å². The lowest BCUT2D eigenvalue weighted by atomic mass is 9.99. The first-order valence-electron chi connectivity index (χ1n) is 14.2. The number of hydrogen-bond acceptors (Lipinski definition) is 8. The number of hydrogen-bond donors (Lipinski definition) is 4. The zero-order chi connectivity index (χ0) is 25.3. The zero-order valence-electron chi connectivity index (χ0n) is 22.6. The second-order valence-electron chi connectivity index (χ2n) is 10.1. The third-order valence-corrected chi connectivity index (χ3v) is 7.14. The van der Waals surface area contributed by atoms with Gasteiger partial charge in [-0.3, -0.25) is 9.80 Å². The van der Waals surface area contributed by atoms with Gasteiger partial charge in [0.05, 0.1) is 12.7 Å². The number of nitrogens with one attached hydrogen (secondary N) is 4. The van der Waals surface area contributed by atoms with Gasteiger partial charge in [-0.25, -0.2) is 4.79 Å². The van der Waals surface area contributed by atoms with Crippen LogP contribution in [0, 0.1) is 0 Å². The molecule has 8 heteroatoms. The first-order valence-corrected chi connectivity index (χ1v) is 14.2. The summed E-state index contributed by atoms with van der Waals surface area (Å²) >= 11 is 0. The van der Waals surface area contributed by atoms with E-state index in [2.05, 4.69) is 49.3 Å². The Balaban J connectivity index is 1.71. The van der Waals surface area contributed by atoms with Crippen LogP contribution in [0.25, 0.3) is 0 Å². The molecule has 0 atom stereocenters. The van der Waals surface area contributed by atoms with Crippen LogP contribution in [-0.2, 0) is 17.8 Å². The van der Waals surface area contributed by atoms with E-state index in [0.717, 1.165) is 134 Å². The largest absolute Gasteiger partial charge is 0.465 e. The fourth-order valence-corrected chi connectivity index (χ4v) is 5.19. The Hall–Kier alpha value is -1.55. The summed E-state index contributed by atoms with van der Waals surface area (Å²) in [6, 6.07) is 6.36. The highest BCUT2D eigenvalue weighted by Gasteiger charge is 2.20. The predicted molar refractivity (Wildman–Crippen MR) is 148 cm³/mol. The minimum absolute atomic E-state index is 0.212. The van der Waals surface area contributed by atoms with Gasteiger partial charge in [0.15, 0.2) is 0 Å². The molecule has 1 aromatic carbocycles.